The van der Waals surface area contributed by atoms with Crippen LogP contribution in [0.15, 0.2) is 0 Å². The zero-order valence-electron chi connectivity index (χ0n) is 1.25. The molecule has 0 rings (SSSR count). The molecule has 0 saturated carbocycles. The number of rotatable bonds is 0. The van der Waals surface area contributed by atoms with Crippen LogP contribution in [0, 0.1) is 9.55 Å². The Kier molecular flexibility index (Phi) is 20.6. The topological polar surface area (TPSA) is 23.8 Å². The summed E-state index contributed by atoms with van der Waals surface area (Å²) in [6.45, 7) is 0. The third-order valence-corrected chi connectivity index (χ3v) is 0. The average molecular weight is 263 g/mol. The van der Waals surface area contributed by atoms with Gasteiger partial charge in [0.05, 0.1) is 0 Å². The van der Waals surface area contributed by atoms with E-state index in [1.165, 1.54) is 0 Å². The number of nitrogens with zero attached hydrogens (tertiary/aromatic N) is 1. The summed E-state index contributed by atoms with van der Waals surface area (Å²) in [7, 11) is 0. The van der Waals surface area contributed by atoms with Gasteiger partial charge in [0.15, 0.2) is 0 Å². The van der Waals surface area contributed by atoms with E-state index in [0.717, 1.165) is 0 Å². The van der Waals surface area contributed by atoms with E-state index in [4.69, 9.17) is 5.26 Å². The van der Waals surface area contributed by atoms with E-state index in [0.29, 0.717) is 0 Å². The van der Waals surface area contributed by atoms with Crippen molar-refractivity contribution >= 4 is 51.4 Å². The fourth-order valence-electron chi connectivity index (χ4n) is 0. The maximum atomic E-state index is 7.29. The number of nitriles is 1. The van der Waals surface area contributed by atoms with Crippen LogP contribution in [0.25, 0.3) is 0 Å². The van der Waals surface area contributed by atoms with E-state index < -0.39 is 0 Å². The zero-order chi connectivity index (χ0) is 2.71. The Morgan fingerprint density at radius 2 is 1.75 bits per heavy atom. The van der Waals surface area contributed by atoms with Gasteiger partial charge in [-0.15, -0.1) is 0 Å². The predicted molar refractivity (Wildman–Crippen MR) is 12.8 cm³/mol. The molecule has 0 atom stereocenters. The van der Waals surface area contributed by atoms with Crippen molar-refractivity contribution < 1.29 is 21.1 Å². The van der Waals surface area contributed by atoms with Crippen LogP contribution in [0.5, 0.6) is 0 Å². The molecule has 1 nitrogen and oxygen atoms in total. The third kappa shape index (κ3) is 9.12. The summed E-state index contributed by atoms with van der Waals surface area (Å²) in [5.41, 5.74) is 0. The van der Waals surface area contributed by atoms with Crippen LogP contribution in [-0.4, -0.2) is 51.4 Å². The molecule has 0 saturated heterocycles. The van der Waals surface area contributed by atoms with Gasteiger partial charge < -0.3 is 0 Å². The van der Waals surface area contributed by atoms with E-state index >= 15 is 0 Å². The second-order valence-corrected chi connectivity index (χ2v) is 0.552. The molecule has 22 valence electrons. The SMILES string of the molecule is N#[C][Au].[KH]. The summed E-state index contributed by atoms with van der Waals surface area (Å²) >= 11 is 1.73. The van der Waals surface area contributed by atoms with Gasteiger partial charge in [-0.2, -0.15) is 0 Å². The van der Waals surface area contributed by atoms with Crippen molar-refractivity contribution in [2.45, 2.75) is 0 Å². The van der Waals surface area contributed by atoms with E-state index in [9.17, 15) is 0 Å². The van der Waals surface area contributed by atoms with Crippen LogP contribution in [0.2, 0.25) is 0 Å². The molecule has 0 bridgehead atoms. The van der Waals surface area contributed by atoms with Crippen LogP contribution >= 0.6 is 0 Å². The molecule has 0 fully saturated rings. The summed E-state index contributed by atoms with van der Waals surface area (Å²) < 4.78 is 1.69. The molecule has 0 unspecified atom stereocenters. The fraction of sp³-hybridized carbons (Fsp3) is 0. The van der Waals surface area contributed by atoms with Gasteiger partial charge in [-0.1, -0.05) is 0 Å². The minimum atomic E-state index is 0. The van der Waals surface area contributed by atoms with Gasteiger partial charge in [-0.05, 0) is 0 Å². The molecule has 0 amide bonds. The predicted octanol–water partition coefficient (Wildman–Crippen LogP) is -0.634. The molecule has 0 aromatic carbocycles. The number of hydrogen-bond donors (Lipinski definition) is 0. The number of hydrogen-bond acceptors (Lipinski definition) is 1. The first-order valence-corrected chi connectivity index (χ1v) is 1.46. The first kappa shape index (κ1) is 9.29. The average Bonchev–Trinajstić information content (AvgIpc) is 0.918. The summed E-state index contributed by atoms with van der Waals surface area (Å²) in [5.74, 6) is 0. The van der Waals surface area contributed by atoms with Gasteiger partial charge in [0, 0.05) is 0 Å². The molecular formula is CHAuKN. The quantitative estimate of drug-likeness (QED) is 0.534. The van der Waals surface area contributed by atoms with Crippen LogP contribution in [0.3, 0.4) is 0 Å². The molecular weight excluding hydrogens is 262 g/mol. The molecule has 0 aliphatic rings. The Morgan fingerprint density at radius 3 is 1.75 bits per heavy atom. The molecule has 0 radical (unpaired) electrons. The van der Waals surface area contributed by atoms with E-state index in [1.54, 1.807) is 25.4 Å². The molecule has 0 aromatic rings. The van der Waals surface area contributed by atoms with Crippen LogP contribution in [0.1, 0.15) is 0 Å². The summed E-state index contributed by atoms with van der Waals surface area (Å²) in [6, 6.07) is 0. The van der Waals surface area contributed by atoms with Gasteiger partial charge in [-0.3, -0.25) is 0 Å². The van der Waals surface area contributed by atoms with E-state index in [1.807, 2.05) is 0 Å². The Morgan fingerprint density at radius 1 is 1.75 bits per heavy atom. The van der Waals surface area contributed by atoms with Gasteiger partial charge in [0.1, 0.15) is 0 Å². The van der Waals surface area contributed by atoms with Crippen molar-refractivity contribution in [1.82, 2.24) is 0 Å². The van der Waals surface area contributed by atoms with Crippen LogP contribution in [0.4, 0.5) is 0 Å². The van der Waals surface area contributed by atoms with Crippen molar-refractivity contribution in [3.05, 3.63) is 0 Å². The van der Waals surface area contributed by atoms with Crippen LogP contribution < -0.4 is 0 Å². The second-order valence-electron chi connectivity index (χ2n) is 0.0674. The molecule has 0 aliphatic carbocycles. The summed E-state index contributed by atoms with van der Waals surface area (Å²) in [6.07, 6.45) is 0. The maximum absolute atomic E-state index is 7.29. The van der Waals surface area contributed by atoms with Crippen molar-refractivity contribution in [3.8, 4) is 4.29 Å². The van der Waals surface area contributed by atoms with Gasteiger partial charge in [0.25, 0.3) is 0 Å². The van der Waals surface area contributed by atoms with Crippen molar-refractivity contribution in [2.75, 3.05) is 0 Å². The molecule has 4 heavy (non-hydrogen) atoms. The molecule has 3 heteroatoms. The van der Waals surface area contributed by atoms with Crippen LogP contribution in [-0.2, 0) is 21.1 Å². The molecule has 0 N–H and O–H groups in total. The normalized spacial score (nSPS) is 2.25. The Bertz CT molecular complexity index is 29.5. The summed E-state index contributed by atoms with van der Waals surface area (Å²) in [5, 5.41) is 7.29. The Labute approximate surface area is 80.1 Å². The van der Waals surface area contributed by atoms with Crippen molar-refractivity contribution in [1.29, 1.82) is 5.26 Å². The van der Waals surface area contributed by atoms with Gasteiger partial charge in [0.2, 0.25) is 0 Å². The Balaban J connectivity index is 0. The molecule has 0 heterocycles. The molecule has 0 spiro atoms. The van der Waals surface area contributed by atoms with Gasteiger partial charge >= 0.3 is 82.0 Å². The standard InChI is InChI=1S/CN.Au.K.H/c1-2;;;. The summed E-state index contributed by atoms with van der Waals surface area (Å²) in [4.78, 5) is 0. The third-order valence-electron chi connectivity index (χ3n) is 0. The Hall–Kier alpha value is 1.87. The van der Waals surface area contributed by atoms with Crippen molar-refractivity contribution in [2.24, 2.45) is 0 Å². The van der Waals surface area contributed by atoms with E-state index in [2.05, 4.69) is 0 Å². The first-order chi connectivity index (χ1) is 1.41. The fourth-order valence-corrected chi connectivity index (χ4v) is 0. The van der Waals surface area contributed by atoms with Crippen molar-refractivity contribution in [3.63, 3.8) is 0 Å². The minimum absolute atomic E-state index is 0. The zero-order valence-corrected chi connectivity index (χ0v) is 3.42. The van der Waals surface area contributed by atoms with E-state index in [-0.39, 0.29) is 51.4 Å². The monoisotopic (exact) mass is 263 g/mol. The first-order valence-electron chi connectivity index (χ1n) is 0.374. The molecule has 0 aliphatic heterocycles. The molecule has 0 aromatic heterocycles. The van der Waals surface area contributed by atoms with Gasteiger partial charge in [-0.25, -0.2) is 0 Å². The second kappa shape index (κ2) is 8.85.